The van der Waals surface area contributed by atoms with Gasteiger partial charge in [0.15, 0.2) is 0 Å². The van der Waals surface area contributed by atoms with Crippen molar-refractivity contribution in [2.24, 2.45) is 0 Å². The first-order valence-corrected chi connectivity index (χ1v) is 16.8. The summed E-state index contributed by atoms with van der Waals surface area (Å²) in [7, 11) is 0. The largest absolute Gasteiger partial charge is 0.456 e. The van der Waals surface area contributed by atoms with Gasteiger partial charge in [-0.3, -0.25) is 0 Å². The van der Waals surface area contributed by atoms with Crippen LogP contribution in [0.25, 0.3) is 98.8 Å². The zero-order chi connectivity index (χ0) is 32.3. The smallest absolute Gasteiger partial charge is 0.135 e. The summed E-state index contributed by atoms with van der Waals surface area (Å²) in [5.41, 5.74) is 11.7. The maximum Gasteiger partial charge on any atom is 0.135 e. The van der Waals surface area contributed by atoms with E-state index >= 15 is 0 Å². The molecular weight excluding hydrogens is 593 g/mol. The summed E-state index contributed by atoms with van der Waals surface area (Å²) >= 11 is 0. The third kappa shape index (κ3) is 4.47. The van der Waals surface area contributed by atoms with E-state index in [1.165, 1.54) is 76.8 Å². The van der Waals surface area contributed by atoms with Gasteiger partial charge >= 0.3 is 0 Å². The van der Waals surface area contributed by atoms with Crippen molar-refractivity contribution < 1.29 is 4.42 Å². The number of para-hydroxylation sites is 1. The van der Waals surface area contributed by atoms with Gasteiger partial charge in [-0.25, -0.2) is 0 Å². The van der Waals surface area contributed by atoms with Crippen LogP contribution in [-0.4, -0.2) is 0 Å². The zero-order valence-corrected chi connectivity index (χ0v) is 26.7. The van der Waals surface area contributed by atoms with Gasteiger partial charge in [0.2, 0.25) is 0 Å². The molecule has 0 aliphatic carbocycles. The minimum absolute atomic E-state index is 0.919. The molecule has 1 aromatic heterocycles. The van der Waals surface area contributed by atoms with Crippen LogP contribution in [0.5, 0.6) is 0 Å². The van der Waals surface area contributed by atoms with E-state index < -0.39 is 0 Å². The fraction of sp³-hybridized carbons (Fsp3) is 0. The number of rotatable bonds is 4. The molecule has 0 unspecified atom stereocenters. The van der Waals surface area contributed by atoms with Gasteiger partial charge in [-0.2, -0.15) is 0 Å². The predicted octanol–water partition coefficient (Wildman–Crippen LogP) is 13.7. The topological polar surface area (TPSA) is 13.1 Å². The third-order valence-electron chi connectivity index (χ3n) is 10.1. The Bertz CT molecular complexity index is 2790. The van der Waals surface area contributed by atoms with Crippen LogP contribution in [0, 0.1) is 0 Å². The molecule has 0 saturated carbocycles. The lowest BCUT2D eigenvalue weighted by molar-refractivity contribution is 0.669. The summed E-state index contributed by atoms with van der Waals surface area (Å²) in [5.74, 6) is 0. The molecule has 0 aliphatic heterocycles. The molecule has 0 fully saturated rings. The fourth-order valence-corrected chi connectivity index (χ4v) is 7.78. The summed E-state index contributed by atoms with van der Waals surface area (Å²) in [6.45, 7) is 0. The molecule has 9 aromatic carbocycles. The molecular formula is C48H30O. The third-order valence-corrected chi connectivity index (χ3v) is 10.1. The molecule has 49 heavy (non-hydrogen) atoms. The highest BCUT2D eigenvalue weighted by Crippen LogP contribution is 2.44. The van der Waals surface area contributed by atoms with Crippen LogP contribution >= 0.6 is 0 Å². The molecule has 10 rings (SSSR count). The highest BCUT2D eigenvalue weighted by molar-refractivity contribution is 6.21. The second kappa shape index (κ2) is 11.1. The van der Waals surface area contributed by atoms with Crippen LogP contribution in [0.1, 0.15) is 0 Å². The van der Waals surface area contributed by atoms with Crippen molar-refractivity contribution in [3.63, 3.8) is 0 Å². The molecule has 1 nitrogen and oxygen atoms in total. The summed E-state index contributed by atoms with van der Waals surface area (Å²) in [4.78, 5) is 0. The van der Waals surface area contributed by atoms with E-state index in [0.717, 1.165) is 21.9 Å². The van der Waals surface area contributed by atoms with Gasteiger partial charge in [0, 0.05) is 10.8 Å². The molecule has 10 aromatic rings. The Hall–Kier alpha value is -6.44. The predicted molar refractivity (Wildman–Crippen MR) is 208 cm³/mol. The number of hydrogen-bond acceptors (Lipinski definition) is 1. The van der Waals surface area contributed by atoms with Crippen molar-refractivity contribution in [3.05, 3.63) is 182 Å². The maximum absolute atomic E-state index is 6.09. The van der Waals surface area contributed by atoms with Gasteiger partial charge in [0.05, 0.1) is 0 Å². The van der Waals surface area contributed by atoms with Gasteiger partial charge in [-0.1, -0.05) is 164 Å². The lowest BCUT2D eigenvalue weighted by Gasteiger charge is -2.18. The summed E-state index contributed by atoms with van der Waals surface area (Å²) in [5, 5.41) is 9.87. The van der Waals surface area contributed by atoms with Crippen molar-refractivity contribution in [2.75, 3.05) is 0 Å². The molecule has 0 amide bonds. The van der Waals surface area contributed by atoms with Gasteiger partial charge in [0.1, 0.15) is 11.2 Å². The molecule has 0 aliphatic rings. The lowest BCUT2D eigenvalue weighted by atomic mass is 9.85. The first-order chi connectivity index (χ1) is 24.3. The van der Waals surface area contributed by atoms with Crippen molar-refractivity contribution >= 4 is 54.3 Å². The monoisotopic (exact) mass is 622 g/mol. The van der Waals surface area contributed by atoms with Crippen molar-refractivity contribution in [1.82, 2.24) is 0 Å². The Balaban J connectivity index is 1.10. The number of furan rings is 1. The molecule has 0 atom stereocenters. The molecule has 0 N–H and O–H groups in total. The normalized spacial score (nSPS) is 11.7. The van der Waals surface area contributed by atoms with E-state index in [2.05, 4.69) is 170 Å². The Morgan fingerprint density at radius 1 is 0.265 bits per heavy atom. The minimum atomic E-state index is 0.919. The molecule has 0 bridgehead atoms. The van der Waals surface area contributed by atoms with Crippen LogP contribution in [0.2, 0.25) is 0 Å². The van der Waals surface area contributed by atoms with E-state index in [4.69, 9.17) is 4.42 Å². The van der Waals surface area contributed by atoms with E-state index in [-0.39, 0.29) is 0 Å². The van der Waals surface area contributed by atoms with E-state index in [1.807, 2.05) is 12.1 Å². The van der Waals surface area contributed by atoms with Gasteiger partial charge in [-0.05, 0) is 95.0 Å². The maximum atomic E-state index is 6.09. The van der Waals surface area contributed by atoms with Crippen LogP contribution in [0.3, 0.4) is 0 Å². The summed E-state index contributed by atoms with van der Waals surface area (Å²) < 4.78 is 6.09. The van der Waals surface area contributed by atoms with Crippen LogP contribution < -0.4 is 0 Å². The van der Waals surface area contributed by atoms with Crippen LogP contribution in [0.15, 0.2) is 186 Å². The minimum Gasteiger partial charge on any atom is -0.456 e. The molecule has 1 heterocycles. The van der Waals surface area contributed by atoms with Gasteiger partial charge in [0.25, 0.3) is 0 Å². The Kier molecular flexibility index (Phi) is 6.25. The first kappa shape index (κ1) is 27.7. The quantitative estimate of drug-likeness (QED) is 0.178. The number of hydrogen-bond donors (Lipinski definition) is 0. The molecule has 1 heteroatoms. The van der Waals surface area contributed by atoms with Crippen molar-refractivity contribution in [1.29, 1.82) is 0 Å². The molecule has 0 spiro atoms. The van der Waals surface area contributed by atoms with E-state index in [0.29, 0.717) is 0 Å². The van der Waals surface area contributed by atoms with E-state index in [9.17, 15) is 0 Å². The number of benzene rings is 9. The van der Waals surface area contributed by atoms with E-state index in [1.54, 1.807) is 0 Å². The van der Waals surface area contributed by atoms with Crippen molar-refractivity contribution in [3.8, 4) is 44.5 Å². The molecule has 228 valence electrons. The molecule has 0 radical (unpaired) electrons. The van der Waals surface area contributed by atoms with Crippen LogP contribution in [0.4, 0.5) is 0 Å². The first-order valence-electron chi connectivity index (χ1n) is 16.8. The average molecular weight is 623 g/mol. The lowest BCUT2D eigenvalue weighted by Crippen LogP contribution is -1.91. The fourth-order valence-electron chi connectivity index (χ4n) is 7.78. The van der Waals surface area contributed by atoms with Gasteiger partial charge in [-0.15, -0.1) is 0 Å². The Morgan fingerprint density at radius 3 is 1.35 bits per heavy atom. The second-order valence-electron chi connectivity index (χ2n) is 12.8. The second-order valence-corrected chi connectivity index (χ2v) is 12.8. The molecule has 0 saturated heterocycles. The highest BCUT2D eigenvalue weighted by Gasteiger charge is 2.17. The summed E-state index contributed by atoms with van der Waals surface area (Å²) in [6.07, 6.45) is 0. The SMILES string of the molecule is c1ccc2c(-c3ccc(-c4c5ccccc5c(-c5ccc(-c6ccc7oc8ccccc8c7c6)cc5)c5ccccc45)cc3)cccc2c1. The summed E-state index contributed by atoms with van der Waals surface area (Å²) in [6, 6.07) is 65.9. The average Bonchev–Trinajstić information content (AvgIpc) is 3.55. The Morgan fingerprint density at radius 2 is 0.714 bits per heavy atom. The zero-order valence-electron chi connectivity index (χ0n) is 26.7. The Labute approximate surface area is 284 Å². The van der Waals surface area contributed by atoms with Crippen molar-refractivity contribution in [2.45, 2.75) is 0 Å². The van der Waals surface area contributed by atoms with Crippen LogP contribution in [-0.2, 0) is 0 Å². The van der Waals surface area contributed by atoms with Gasteiger partial charge < -0.3 is 4.42 Å². The standard InChI is InChI=1S/C48H30O/c1-2-12-37-32(10-1)11-9-18-38(37)33-22-26-35(27-23-33)48-42-16-5-3-14-40(42)47(41-15-4-6-17-43(41)48)34-24-20-31(21-25-34)36-28-29-46-44(30-36)39-13-7-8-19-45(39)49-46/h1-30H. The highest BCUT2D eigenvalue weighted by atomic mass is 16.3. The number of fused-ring (bicyclic) bond motifs is 6.